The molecule has 0 radical (unpaired) electrons. The zero-order chi connectivity index (χ0) is 12.2. The molecular formula is C9H9Cl4NOS. The maximum atomic E-state index is 11.1. The number of alkyl halides is 4. The molecule has 1 heterocycles. The van der Waals surface area contributed by atoms with Gasteiger partial charge in [-0.2, -0.15) is 0 Å². The van der Waals surface area contributed by atoms with Gasteiger partial charge in [-0.05, 0) is 12.8 Å². The largest absolute Gasteiger partial charge is 0.296 e. The Morgan fingerprint density at radius 3 is 2.31 bits per heavy atom. The van der Waals surface area contributed by atoms with Crippen LogP contribution in [0.3, 0.4) is 0 Å². The molecule has 2 rings (SSSR count). The lowest BCUT2D eigenvalue weighted by molar-refractivity contribution is -0.121. The van der Waals surface area contributed by atoms with E-state index in [1.807, 2.05) is 5.38 Å². The van der Waals surface area contributed by atoms with Crippen LogP contribution in [0.1, 0.15) is 19.3 Å². The van der Waals surface area contributed by atoms with E-state index >= 15 is 0 Å². The first kappa shape index (κ1) is 14.5. The molecule has 0 amide bonds. The smallest absolute Gasteiger partial charge is 0.208 e. The first-order valence-electron chi connectivity index (χ1n) is 4.49. The van der Waals surface area contributed by atoms with Crippen LogP contribution in [0.25, 0.3) is 0 Å². The first-order valence-corrected chi connectivity index (χ1v) is 6.94. The second kappa shape index (κ2) is 5.87. The zero-order valence-corrected chi connectivity index (χ0v) is 12.0. The monoisotopic (exact) mass is 319 g/mol. The van der Waals surface area contributed by atoms with Gasteiger partial charge >= 0.3 is 0 Å². The van der Waals surface area contributed by atoms with E-state index in [0.29, 0.717) is 19.3 Å². The summed E-state index contributed by atoms with van der Waals surface area (Å²) < 4.78 is -2.96. The lowest BCUT2D eigenvalue weighted by Crippen LogP contribution is -2.46. The normalized spacial score (nSPS) is 22.1. The third kappa shape index (κ3) is 3.47. The van der Waals surface area contributed by atoms with Crippen LogP contribution in [0, 0.1) is 0 Å². The number of carbonyl (C=O) groups excluding carboxylic acids is 1. The average molecular weight is 321 g/mol. The van der Waals surface area contributed by atoms with Gasteiger partial charge in [0, 0.05) is 18.0 Å². The molecule has 0 spiro atoms. The van der Waals surface area contributed by atoms with E-state index in [9.17, 15) is 4.79 Å². The molecule has 0 bridgehead atoms. The van der Waals surface area contributed by atoms with Crippen molar-refractivity contribution in [2.24, 2.45) is 0 Å². The van der Waals surface area contributed by atoms with Gasteiger partial charge in [-0.25, -0.2) is 0 Å². The Hall–Kier alpha value is 0.460. The minimum Gasteiger partial charge on any atom is -0.296 e. The van der Waals surface area contributed by atoms with E-state index in [1.165, 1.54) is 0 Å². The van der Waals surface area contributed by atoms with Gasteiger partial charge in [0.25, 0.3) is 0 Å². The van der Waals surface area contributed by atoms with Crippen LogP contribution in [0.4, 0.5) is 0 Å². The third-order valence-electron chi connectivity index (χ3n) is 2.05. The van der Waals surface area contributed by atoms with Gasteiger partial charge in [0.1, 0.15) is 0 Å². The highest BCUT2D eigenvalue weighted by Crippen LogP contribution is 2.50. The zero-order valence-electron chi connectivity index (χ0n) is 8.13. The molecule has 90 valence electrons. The molecule has 1 saturated carbocycles. The maximum absolute atomic E-state index is 11.1. The van der Waals surface area contributed by atoms with E-state index in [4.69, 9.17) is 46.4 Å². The van der Waals surface area contributed by atoms with Crippen molar-refractivity contribution in [3.8, 4) is 0 Å². The highest BCUT2D eigenvalue weighted by molar-refractivity contribution is 7.07. The summed E-state index contributed by atoms with van der Waals surface area (Å²) in [7, 11) is 0. The highest BCUT2D eigenvalue weighted by atomic mass is 35.5. The van der Waals surface area contributed by atoms with Crippen LogP contribution in [-0.2, 0) is 4.79 Å². The van der Waals surface area contributed by atoms with Crippen molar-refractivity contribution in [1.29, 1.82) is 0 Å². The molecule has 1 aromatic rings. The SMILES string of the molecule is O=C1CCCC(Cl)(Cl)C1(Cl)Cl.c1cscn1. The minimum absolute atomic E-state index is 0.294. The van der Waals surface area contributed by atoms with Crippen LogP contribution in [0.5, 0.6) is 0 Å². The predicted molar refractivity (Wildman–Crippen MR) is 69.8 cm³/mol. The molecule has 2 nitrogen and oxygen atoms in total. The van der Waals surface area contributed by atoms with Gasteiger partial charge in [-0.15, -0.1) is 11.3 Å². The summed E-state index contributed by atoms with van der Waals surface area (Å²) >= 11 is 24.4. The fraction of sp³-hybridized carbons (Fsp3) is 0.556. The highest BCUT2D eigenvalue weighted by Gasteiger charge is 2.54. The molecule has 0 saturated heterocycles. The Bertz CT molecular complexity index is 322. The second-order valence-corrected chi connectivity index (χ2v) is 6.80. The fourth-order valence-electron chi connectivity index (χ4n) is 1.16. The topological polar surface area (TPSA) is 30.0 Å². The molecule has 0 N–H and O–H groups in total. The number of aromatic nitrogens is 1. The summed E-state index contributed by atoms with van der Waals surface area (Å²) in [5.41, 5.74) is 1.79. The molecule has 1 aliphatic carbocycles. The molecule has 0 atom stereocenters. The summed E-state index contributed by atoms with van der Waals surface area (Å²) in [5.74, 6) is -0.294. The molecule has 1 aliphatic rings. The van der Waals surface area contributed by atoms with Crippen molar-refractivity contribution >= 4 is 63.5 Å². The standard InChI is InChI=1S/C6H6Cl4O.C3H3NS/c7-5(8)3-1-2-4(11)6(5,9)10;1-2-5-3-4-1/h1-3H2;1-3H. The Labute approximate surface area is 118 Å². The van der Waals surface area contributed by atoms with Crippen molar-refractivity contribution in [2.75, 3.05) is 0 Å². The molecule has 1 fully saturated rings. The first-order chi connectivity index (χ1) is 7.38. The lowest BCUT2D eigenvalue weighted by Gasteiger charge is -2.35. The lowest BCUT2D eigenvalue weighted by atomic mass is 9.97. The van der Waals surface area contributed by atoms with E-state index in [1.54, 1.807) is 23.0 Å². The number of hydrogen-bond acceptors (Lipinski definition) is 3. The molecule has 0 aromatic carbocycles. The van der Waals surface area contributed by atoms with E-state index in [0.717, 1.165) is 0 Å². The summed E-state index contributed by atoms with van der Waals surface area (Å²) in [6.07, 6.45) is 3.22. The van der Waals surface area contributed by atoms with Gasteiger partial charge in [0.2, 0.25) is 4.33 Å². The number of halogens is 4. The van der Waals surface area contributed by atoms with Crippen molar-refractivity contribution in [3.63, 3.8) is 0 Å². The molecule has 1 aromatic heterocycles. The molecular weight excluding hydrogens is 312 g/mol. The van der Waals surface area contributed by atoms with Gasteiger partial charge in [-0.1, -0.05) is 46.4 Å². The number of nitrogens with zero attached hydrogens (tertiary/aromatic N) is 1. The number of ketones is 1. The second-order valence-electron chi connectivity index (χ2n) is 3.23. The third-order valence-corrected chi connectivity index (χ3v) is 4.97. The Kier molecular flexibility index (Phi) is 5.33. The van der Waals surface area contributed by atoms with E-state index in [-0.39, 0.29) is 5.78 Å². The Morgan fingerprint density at radius 1 is 1.31 bits per heavy atom. The number of rotatable bonds is 0. The number of carbonyl (C=O) groups is 1. The Morgan fingerprint density at radius 2 is 2.00 bits per heavy atom. The van der Waals surface area contributed by atoms with Gasteiger partial charge in [0.05, 0.1) is 5.51 Å². The average Bonchev–Trinajstić information content (AvgIpc) is 2.72. The van der Waals surface area contributed by atoms with Crippen LogP contribution < -0.4 is 0 Å². The summed E-state index contributed by atoms with van der Waals surface area (Å²) in [6.45, 7) is 0. The summed E-state index contributed by atoms with van der Waals surface area (Å²) in [6, 6.07) is 0. The van der Waals surface area contributed by atoms with Gasteiger partial charge < -0.3 is 0 Å². The molecule has 0 aliphatic heterocycles. The predicted octanol–water partition coefficient (Wildman–Crippen LogP) is 4.23. The van der Waals surface area contributed by atoms with Crippen molar-refractivity contribution in [1.82, 2.24) is 4.98 Å². The van der Waals surface area contributed by atoms with Crippen molar-refractivity contribution in [2.45, 2.75) is 27.9 Å². The van der Waals surface area contributed by atoms with Gasteiger partial charge in [-0.3, -0.25) is 9.78 Å². The van der Waals surface area contributed by atoms with E-state index in [2.05, 4.69) is 4.98 Å². The van der Waals surface area contributed by atoms with E-state index < -0.39 is 8.67 Å². The molecule has 16 heavy (non-hydrogen) atoms. The Balaban J connectivity index is 0.000000212. The maximum Gasteiger partial charge on any atom is 0.208 e. The van der Waals surface area contributed by atoms with Crippen LogP contribution in [-0.4, -0.2) is 19.4 Å². The van der Waals surface area contributed by atoms with Crippen molar-refractivity contribution in [3.05, 3.63) is 17.1 Å². The molecule has 7 heteroatoms. The summed E-state index contributed by atoms with van der Waals surface area (Å²) in [5, 5.41) is 1.93. The van der Waals surface area contributed by atoms with Crippen molar-refractivity contribution < 1.29 is 4.79 Å². The minimum atomic E-state index is -1.63. The van der Waals surface area contributed by atoms with Crippen LogP contribution >= 0.6 is 57.7 Å². The quantitative estimate of drug-likeness (QED) is 0.669. The number of Topliss-reactive ketones (excluding diaryl/α,β-unsaturated/α-hetero) is 1. The number of thiazole rings is 1. The van der Waals surface area contributed by atoms with Crippen LogP contribution in [0.2, 0.25) is 0 Å². The van der Waals surface area contributed by atoms with Crippen LogP contribution in [0.15, 0.2) is 17.1 Å². The number of hydrogen-bond donors (Lipinski definition) is 0. The summed E-state index contributed by atoms with van der Waals surface area (Å²) in [4.78, 5) is 14.8. The molecule has 0 unspecified atom stereocenters. The fourth-order valence-corrected chi connectivity index (χ4v) is 2.37. The van der Waals surface area contributed by atoms with Gasteiger partial charge in [0.15, 0.2) is 10.1 Å².